The molecule has 1 fully saturated rings. The zero-order valence-corrected chi connectivity index (χ0v) is 18.0. The fraction of sp³-hybridized carbons (Fsp3) is 0.333. The number of aromatic nitrogens is 2. The second kappa shape index (κ2) is 9.50. The van der Waals surface area contributed by atoms with Crippen LogP contribution in [0.2, 0.25) is 0 Å². The molecule has 32 heavy (non-hydrogen) atoms. The number of carbonyl (C=O) groups is 1. The average Bonchev–Trinajstić information content (AvgIpc) is 3.22. The van der Waals surface area contributed by atoms with Crippen LogP contribution >= 0.6 is 0 Å². The van der Waals surface area contributed by atoms with E-state index in [1.807, 2.05) is 18.0 Å². The number of benzene rings is 2. The quantitative estimate of drug-likeness (QED) is 0.640. The van der Waals surface area contributed by atoms with Gasteiger partial charge in [0, 0.05) is 37.6 Å². The highest BCUT2D eigenvalue weighted by Gasteiger charge is 2.36. The van der Waals surface area contributed by atoms with Crippen molar-refractivity contribution < 1.29 is 19.0 Å². The van der Waals surface area contributed by atoms with Gasteiger partial charge < -0.3 is 19.6 Å². The van der Waals surface area contributed by atoms with E-state index in [2.05, 4.69) is 5.10 Å². The minimum Gasteiger partial charge on any atom is -0.489 e. The van der Waals surface area contributed by atoms with Crippen LogP contribution < -0.4 is 4.74 Å². The van der Waals surface area contributed by atoms with Gasteiger partial charge in [0.15, 0.2) is 0 Å². The Hall–Kier alpha value is -3.23. The molecule has 1 saturated heterocycles. The van der Waals surface area contributed by atoms with Crippen molar-refractivity contribution in [2.45, 2.75) is 18.8 Å². The van der Waals surface area contributed by atoms with E-state index in [-0.39, 0.29) is 24.9 Å². The normalized spacial score (nSPS) is 19.5. The lowest BCUT2D eigenvalue weighted by Crippen LogP contribution is -2.50. The van der Waals surface area contributed by atoms with Gasteiger partial charge in [-0.25, -0.2) is 4.39 Å². The Morgan fingerprint density at radius 1 is 1.16 bits per heavy atom. The topological polar surface area (TPSA) is 70.8 Å². The van der Waals surface area contributed by atoms with Crippen LogP contribution in [0.4, 0.5) is 4.39 Å². The van der Waals surface area contributed by atoms with Crippen LogP contribution in [0.3, 0.4) is 0 Å². The Labute approximate surface area is 186 Å². The van der Waals surface area contributed by atoms with E-state index < -0.39 is 5.60 Å². The molecule has 1 atom stereocenters. The maximum atomic E-state index is 13.4. The van der Waals surface area contributed by atoms with Gasteiger partial charge in [0.25, 0.3) is 5.91 Å². The Balaban J connectivity index is 1.47. The molecule has 4 rings (SSSR count). The van der Waals surface area contributed by atoms with Gasteiger partial charge >= 0.3 is 0 Å². The lowest BCUT2D eigenvalue weighted by molar-refractivity contribution is -0.0137. The molecule has 7 nitrogen and oxygen atoms in total. The predicted molar refractivity (Wildman–Crippen MR) is 118 cm³/mol. The summed E-state index contributed by atoms with van der Waals surface area (Å²) in [5.41, 5.74) is 0.0621. The van der Waals surface area contributed by atoms with E-state index in [0.29, 0.717) is 43.1 Å². The molecule has 0 spiro atoms. The summed E-state index contributed by atoms with van der Waals surface area (Å²) in [6.07, 6.45) is 3.47. The molecule has 2 aromatic carbocycles. The lowest BCUT2D eigenvalue weighted by atomic mass is 10.0. The van der Waals surface area contributed by atoms with Crippen molar-refractivity contribution in [2.75, 3.05) is 33.2 Å². The molecule has 0 aliphatic carbocycles. The van der Waals surface area contributed by atoms with Crippen LogP contribution in [0.1, 0.15) is 15.9 Å². The fourth-order valence-corrected chi connectivity index (χ4v) is 4.02. The Bertz CT molecular complexity index is 1060. The number of ether oxygens (including phenoxy) is 1. The van der Waals surface area contributed by atoms with E-state index in [4.69, 9.17) is 4.74 Å². The first kappa shape index (κ1) is 22.0. The Morgan fingerprint density at radius 2 is 2.00 bits per heavy atom. The monoisotopic (exact) mass is 438 g/mol. The minimum absolute atomic E-state index is 0.171. The number of likely N-dealkylation sites (N-methyl/N-ethyl adjacent to an activating group) is 1. The van der Waals surface area contributed by atoms with Gasteiger partial charge in [0.05, 0.1) is 13.1 Å². The zero-order chi connectivity index (χ0) is 22.6. The van der Waals surface area contributed by atoms with Crippen molar-refractivity contribution in [3.63, 3.8) is 0 Å². The molecule has 0 saturated carbocycles. The van der Waals surface area contributed by atoms with E-state index in [0.717, 1.165) is 0 Å². The van der Waals surface area contributed by atoms with E-state index in [1.165, 1.54) is 12.1 Å². The molecular weight excluding hydrogens is 411 g/mol. The van der Waals surface area contributed by atoms with Gasteiger partial charge in [-0.2, -0.15) is 5.10 Å². The number of rotatable bonds is 6. The standard InChI is InChI=1S/C24H27FN4O3/c1-27-11-12-28(17-24(31,16-27)18-29-10-4-9-26-29)23(30)20-6-3-8-22(14-20)32-15-19-5-2-7-21(25)13-19/h2-10,13-14,31H,11-12,15-18H2,1H3. The zero-order valence-electron chi connectivity index (χ0n) is 18.0. The van der Waals surface area contributed by atoms with Crippen molar-refractivity contribution in [2.24, 2.45) is 0 Å². The van der Waals surface area contributed by atoms with Gasteiger partial charge in [0.1, 0.15) is 23.8 Å². The van der Waals surface area contributed by atoms with E-state index in [1.54, 1.807) is 58.4 Å². The van der Waals surface area contributed by atoms with Crippen molar-refractivity contribution in [3.8, 4) is 5.75 Å². The van der Waals surface area contributed by atoms with Crippen LogP contribution in [0.25, 0.3) is 0 Å². The fourth-order valence-electron chi connectivity index (χ4n) is 4.02. The second-order valence-corrected chi connectivity index (χ2v) is 8.34. The average molecular weight is 439 g/mol. The molecule has 1 unspecified atom stereocenters. The molecule has 1 aromatic heterocycles. The van der Waals surface area contributed by atoms with E-state index >= 15 is 0 Å². The molecule has 1 aliphatic rings. The van der Waals surface area contributed by atoms with Crippen molar-refractivity contribution in [3.05, 3.63) is 83.9 Å². The largest absolute Gasteiger partial charge is 0.489 e. The minimum atomic E-state index is -1.13. The summed E-state index contributed by atoms with van der Waals surface area (Å²) >= 11 is 0. The summed E-state index contributed by atoms with van der Waals surface area (Å²) < 4.78 is 20.8. The highest BCUT2D eigenvalue weighted by atomic mass is 19.1. The summed E-state index contributed by atoms with van der Waals surface area (Å²) in [5, 5.41) is 15.5. The van der Waals surface area contributed by atoms with Crippen molar-refractivity contribution in [1.29, 1.82) is 0 Å². The first-order chi connectivity index (χ1) is 15.4. The lowest BCUT2D eigenvalue weighted by Gasteiger charge is -2.32. The first-order valence-corrected chi connectivity index (χ1v) is 10.6. The van der Waals surface area contributed by atoms with Crippen molar-refractivity contribution >= 4 is 5.91 Å². The van der Waals surface area contributed by atoms with Crippen LogP contribution in [0, 0.1) is 5.82 Å². The third-order valence-corrected chi connectivity index (χ3v) is 5.48. The molecule has 0 radical (unpaired) electrons. The number of aliphatic hydroxyl groups is 1. The maximum absolute atomic E-state index is 13.4. The van der Waals surface area contributed by atoms with Crippen LogP contribution in [-0.4, -0.2) is 69.4 Å². The Kier molecular flexibility index (Phi) is 6.53. The van der Waals surface area contributed by atoms with Crippen LogP contribution in [0.5, 0.6) is 5.75 Å². The summed E-state index contributed by atoms with van der Waals surface area (Å²) in [6.45, 7) is 2.30. The van der Waals surface area contributed by atoms with Crippen LogP contribution in [0.15, 0.2) is 67.0 Å². The molecule has 8 heteroatoms. The van der Waals surface area contributed by atoms with Gasteiger partial charge in [0.2, 0.25) is 0 Å². The maximum Gasteiger partial charge on any atom is 0.254 e. The molecule has 0 bridgehead atoms. The summed E-state index contributed by atoms with van der Waals surface area (Å²) in [4.78, 5) is 17.0. The highest BCUT2D eigenvalue weighted by molar-refractivity contribution is 5.94. The number of β-amino-alcohol motifs (C(OH)–C–C–N with tert-alkyl or cyclic N) is 1. The Morgan fingerprint density at radius 3 is 2.78 bits per heavy atom. The molecular formula is C24H27FN4O3. The third-order valence-electron chi connectivity index (χ3n) is 5.48. The second-order valence-electron chi connectivity index (χ2n) is 8.34. The number of hydrogen-bond donors (Lipinski definition) is 1. The molecule has 2 heterocycles. The smallest absolute Gasteiger partial charge is 0.254 e. The van der Waals surface area contributed by atoms with Gasteiger partial charge in [-0.15, -0.1) is 0 Å². The molecule has 168 valence electrons. The molecule has 1 N–H and O–H groups in total. The van der Waals surface area contributed by atoms with Gasteiger partial charge in [-0.1, -0.05) is 18.2 Å². The van der Waals surface area contributed by atoms with Crippen LogP contribution in [-0.2, 0) is 13.2 Å². The van der Waals surface area contributed by atoms with E-state index in [9.17, 15) is 14.3 Å². The van der Waals surface area contributed by atoms with Gasteiger partial charge in [-0.3, -0.25) is 9.48 Å². The summed E-state index contributed by atoms with van der Waals surface area (Å²) in [7, 11) is 1.93. The summed E-state index contributed by atoms with van der Waals surface area (Å²) in [6, 6.07) is 15.0. The molecule has 3 aromatic rings. The number of halogens is 1. The first-order valence-electron chi connectivity index (χ1n) is 10.6. The molecule has 1 aliphatic heterocycles. The highest BCUT2D eigenvalue weighted by Crippen LogP contribution is 2.21. The number of hydrogen-bond acceptors (Lipinski definition) is 5. The third kappa shape index (κ3) is 5.52. The van der Waals surface area contributed by atoms with Crippen molar-refractivity contribution in [1.82, 2.24) is 19.6 Å². The molecule has 1 amide bonds. The van der Waals surface area contributed by atoms with Gasteiger partial charge in [-0.05, 0) is 49.0 Å². The SMILES string of the molecule is CN1CCN(C(=O)c2cccc(OCc3cccc(F)c3)c2)CC(O)(Cn2cccn2)C1. The summed E-state index contributed by atoms with van der Waals surface area (Å²) in [5.74, 6) is 0.0398. The number of nitrogens with zero attached hydrogens (tertiary/aromatic N) is 4. The predicted octanol–water partition coefficient (Wildman–Crippen LogP) is 2.42. The number of carbonyl (C=O) groups excluding carboxylic acids is 1. The number of amides is 1.